The lowest BCUT2D eigenvalue weighted by atomic mass is 10.1. The highest BCUT2D eigenvalue weighted by molar-refractivity contribution is 5.91. The van der Waals surface area contributed by atoms with E-state index >= 15 is 0 Å². The van der Waals surface area contributed by atoms with Gasteiger partial charge in [-0.1, -0.05) is 24.3 Å². The van der Waals surface area contributed by atoms with Crippen LogP contribution in [0.1, 0.15) is 21.5 Å². The fraction of sp³-hybridized carbons (Fsp3) is 0.188. The van der Waals surface area contributed by atoms with E-state index in [2.05, 4.69) is 0 Å². The number of halogens is 1. The number of carbonyl (C=O) groups is 1. The summed E-state index contributed by atoms with van der Waals surface area (Å²) in [6.45, 7) is -0.410. The van der Waals surface area contributed by atoms with Crippen LogP contribution in [0.25, 0.3) is 0 Å². The summed E-state index contributed by atoms with van der Waals surface area (Å²) in [6.07, 6.45) is 0. The molecule has 2 aromatic rings. The summed E-state index contributed by atoms with van der Waals surface area (Å²) in [6, 6.07) is 11.1. The highest BCUT2D eigenvalue weighted by atomic mass is 19.1. The van der Waals surface area contributed by atoms with Gasteiger partial charge in [0.15, 0.2) is 0 Å². The van der Waals surface area contributed by atoms with Gasteiger partial charge >= 0.3 is 5.97 Å². The number of carbonyl (C=O) groups excluding carboxylic acids is 1. The normalized spacial score (nSPS) is 10.2. The Kier molecular flexibility index (Phi) is 4.90. The first-order valence-corrected chi connectivity index (χ1v) is 6.34. The Labute approximate surface area is 121 Å². The number of esters is 1. The van der Waals surface area contributed by atoms with Gasteiger partial charge in [0, 0.05) is 0 Å². The minimum absolute atomic E-state index is 0.0159. The van der Waals surface area contributed by atoms with Crippen molar-refractivity contribution in [1.82, 2.24) is 0 Å². The van der Waals surface area contributed by atoms with E-state index in [4.69, 9.17) is 14.6 Å². The molecule has 0 radical (unpaired) electrons. The van der Waals surface area contributed by atoms with Gasteiger partial charge in [0.1, 0.15) is 23.7 Å². The van der Waals surface area contributed by atoms with Crippen molar-refractivity contribution in [3.63, 3.8) is 0 Å². The zero-order valence-corrected chi connectivity index (χ0v) is 11.5. The molecule has 0 heterocycles. The van der Waals surface area contributed by atoms with Crippen LogP contribution in [0.15, 0.2) is 42.5 Å². The van der Waals surface area contributed by atoms with E-state index in [1.807, 2.05) is 0 Å². The van der Waals surface area contributed by atoms with Crippen LogP contribution in [-0.4, -0.2) is 18.2 Å². The van der Waals surface area contributed by atoms with E-state index in [-0.39, 0.29) is 17.7 Å². The summed E-state index contributed by atoms with van der Waals surface area (Å²) in [4.78, 5) is 11.9. The SMILES string of the molecule is COc1ccc(COC(=O)c2c(F)cccc2CO)cc1. The second-order valence-electron chi connectivity index (χ2n) is 4.36. The first-order valence-electron chi connectivity index (χ1n) is 6.34. The Balaban J connectivity index is 2.08. The number of hydrogen-bond donors (Lipinski definition) is 1. The first kappa shape index (κ1) is 15.0. The van der Waals surface area contributed by atoms with Gasteiger partial charge in [-0.3, -0.25) is 0 Å². The number of methoxy groups -OCH3 is 1. The van der Waals surface area contributed by atoms with Crippen molar-refractivity contribution in [3.8, 4) is 5.75 Å². The van der Waals surface area contributed by atoms with Crippen molar-refractivity contribution in [1.29, 1.82) is 0 Å². The van der Waals surface area contributed by atoms with Crippen molar-refractivity contribution >= 4 is 5.97 Å². The largest absolute Gasteiger partial charge is 0.497 e. The topological polar surface area (TPSA) is 55.8 Å². The second kappa shape index (κ2) is 6.85. The predicted molar refractivity (Wildman–Crippen MR) is 74.4 cm³/mol. The summed E-state index contributed by atoms with van der Waals surface area (Å²) in [5, 5.41) is 9.15. The maximum Gasteiger partial charge on any atom is 0.341 e. The van der Waals surface area contributed by atoms with Crippen LogP contribution in [0.4, 0.5) is 4.39 Å². The molecular weight excluding hydrogens is 275 g/mol. The lowest BCUT2D eigenvalue weighted by molar-refractivity contribution is 0.0463. The molecule has 110 valence electrons. The van der Waals surface area contributed by atoms with E-state index in [0.717, 1.165) is 11.6 Å². The second-order valence-corrected chi connectivity index (χ2v) is 4.36. The Morgan fingerprint density at radius 3 is 2.52 bits per heavy atom. The molecule has 0 aliphatic heterocycles. The van der Waals surface area contributed by atoms with Crippen LogP contribution in [0.3, 0.4) is 0 Å². The fourth-order valence-corrected chi connectivity index (χ4v) is 1.87. The van der Waals surface area contributed by atoms with Crippen molar-refractivity contribution in [2.24, 2.45) is 0 Å². The summed E-state index contributed by atoms with van der Waals surface area (Å²) < 4.78 is 23.8. The third-order valence-electron chi connectivity index (χ3n) is 3.00. The molecule has 0 aliphatic carbocycles. The van der Waals surface area contributed by atoms with E-state index in [0.29, 0.717) is 5.75 Å². The molecular formula is C16H15FO4. The highest BCUT2D eigenvalue weighted by Gasteiger charge is 2.17. The molecule has 0 bridgehead atoms. The number of aliphatic hydroxyl groups is 1. The smallest absolute Gasteiger partial charge is 0.341 e. The molecule has 0 fully saturated rings. The Morgan fingerprint density at radius 2 is 1.90 bits per heavy atom. The molecule has 21 heavy (non-hydrogen) atoms. The number of benzene rings is 2. The third-order valence-corrected chi connectivity index (χ3v) is 3.00. The lowest BCUT2D eigenvalue weighted by Gasteiger charge is -2.09. The summed E-state index contributed by atoms with van der Waals surface area (Å²) in [5.74, 6) is -0.809. The van der Waals surface area contributed by atoms with Crippen molar-refractivity contribution in [3.05, 3.63) is 65.0 Å². The van der Waals surface area contributed by atoms with Crippen molar-refractivity contribution < 1.29 is 23.8 Å². The number of aliphatic hydroxyl groups excluding tert-OH is 1. The van der Waals surface area contributed by atoms with Gasteiger partial charge in [-0.25, -0.2) is 9.18 Å². The molecule has 5 heteroatoms. The van der Waals surface area contributed by atoms with E-state index < -0.39 is 18.4 Å². The van der Waals surface area contributed by atoms with Gasteiger partial charge in [-0.05, 0) is 29.3 Å². The van der Waals surface area contributed by atoms with Gasteiger partial charge in [-0.2, -0.15) is 0 Å². The third kappa shape index (κ3) is 3.58. The predicted octanol–water partition coefficient (Wildman–Crippen LogP) is 2.68. The highest BCUT2D eigenvalue weighted by Crippen LogP contribution is 2.17. The Morgan fingerprint density at radius 1 is 1.19 bits per heavy atom. The molecule has 0 atom stereocenters. The van der Waals surface area contributed by atoms with Gasteiger partial charge in [0.2, 0.25) is 0 Å². The molecule has 0 amide bonds. The molecule has 2 rings (SSSR count). The quantitative estimate of drug-likeness (QED) is 0.860. The fourth-order valence-electron chi connectivity index (χ4n) is 1.87. The minimum atomic E-state index is -0.798. The molecule has 4 nitrogen and oxygen atoms in total. The molecule has 1 N–H and O–H groups in total. The first-order chi connectivity index (χ1) is 10.2. The lowest BCUT2D eigenvalue weighted by Crippen LogP contribution is -2.11. The van der Waals surface area contributed by atoms with E-state index in [9.17, 15) is 9.18 Å². The van der Waals surface area contributed by atoms with E-state index in [1.165, 1.54) is 12.1 Å². The molecule has 0 saturated carbocycles. The van der Waals surface area contributed by atoms with Crippen LogP contribution >= 0.6 is 0 Å². The zero-order valence-electron chi connectivity index (χ0n) is 11.5. The number of rotatable bonds is 5. The van der Waals surface area contributed by atoms with Crippen LogP contribution in [0, 0.1) is 5.82 Å². The Hall–Kier alpha value is -2.40. The maximum absolute atomic E-state index is 13.7. The van der Waals surface area contributed by atoms with Crippen LogP contribution < -0.4 is 4.74 Å². The molecule has 0 saturated heterocycles. The van der Waals surface area contributed by atoms with Gasteiger partial charge in [0.05, 0.1) is 13.7 Å². The Bertz CT molecular complexity index is 623. The number of ether oxygens (including phenoxy) is 2. The van der Waals surface area contributed by atoms with Crippen LogP contribution in [0.5, 0.6) is 5.75 Å². The molecule has 0 unspecified atom stereocenters. The van der Waals surface area contributed by atoms with Gasteiger partial charge in [0.25, 0.3) is 0 Å². The standard InChI is InChI=1S/C16H15FO4/c1-20-13-7-5-11(6-8-13)10-21-16(19)15-12(9-18)3-2-4-14(15)17/h2-8,18H,9-10H2,1H3. The average Bonchev–Trinajstić information content (AvgIpc) is 2.52. The minimum Gasteiger partial charge on any atom is -0.497 e. The van der Waals surface area contributed by atoms with Crippen molar-refractivity contribution in [2.75, 3.05) is 7.11 Å². The van der Waals surface area contributed by atoms with E-state index in [1.54, 1.807) is 31.4 Å². The molecule has 0 aromatic heterocycles. The summed E-state index contributed by atoms with van der Waals surface area (Å²) >= 11 is 0. The molecule has 0 aliphatic rings. The molecule has 0 spiro atoms. The zero-order chi connectivity index (χ0) is 15.2. The maximum atomic E-state index is 13.7. The van der Waals surface area contributed by atoms with Crippen molar-refractivity contribution in [2.45, 2.75) is 13.2 Å². The summed E-state index contributed by atoms with van der Waals surface area (Å²) in [7, 11) is 1.56. The van der Waals surface area contributed by atoms with Crippen LogP contribution in [0.2, 0.25) is 0 Å². The van der Waals surface area contributed by atoms with Crippen LogP contribution in [-0.2, 0) is 18.0 Å². The molecule has 2 aromatic carbocycles. The van der Waals surface area contributed by atoms with Gasteiger partial charge < -0.3 is 14.6 Å². The average molecular weight is 290 g/mol. The number of hydrogen-bond acceptors (Lipinski definition) is 4. The summed E-state index contributed by atoms with van der Waals surface area (Å²) in [5.41, 5.74) is 0.731. The van der Waals surface area contributed by atoms with Gasteiger partial charge in [-0.15, -0.1) is 0 Å². The monoisotopic (exact) mass is 290 g/mol.